The average Bonchev–Trinajstić information content (AvgIpc) is 2.31. The van der Waals surface area contributed by atoms with Gasteiger partial charge in [0.1, 0.15) is 0 Å². The van der Waals surface area contributed by atoms with E-state index in [4.69, 9.17) is 21.4 Å². The number of aromatic nitrogens is 1. The Balaban J connectivity index is 2.37. The van der Waals surface area contributed by atoms with Gasteiger partial charge in [-0.1, -0.05) is 11.6 Å². The molecule has 0 saturated carbocycles. The van der Waals surface area contributed by atoms with Gasteiger partial charge in [0, 0.05) is 19.3 Å². The number of morpholine rings is 1. The van der Waals surface area contributed by atoms with E-state index >= 15 is 0 Å². The Morgan fingerprint density at radius 2 is 2.19 bits per heavy atom. The van der Waals surface area contributed by atoms with Crippen LogP contribution in [0.2, 0.25) is 5.02 Å². The molecule has 5 heteroatoms. The molecule has 1 aliphatic heterocycles. The SMILES string of the molecule is Cc1cnc(CO)c(Cl)c1N1CCOCC1. The highest BCUT2D eigenvalue weighted by molar-refractivity contribution is 6.34. The second-order valence-corrected chi connectivity index (χ2v) is 4.19. The quantitative estimate of drug-likeness (QED) is 0.851. The molecule has 2 heterocycles. The summed E-state index contributed by atoms with van der Waals surface area (Å²) >= 11 is 6.24. The number of ether oxygens (including phenoxy) is 1. The first-order valence-corrected chi connectivity index (χ1v) is 5.69. The lowest BCUT2D eigenvalue weighted by atomic mass is 10.2. The van der Waals surface area contributed by atoms with Gasteiger partial charge in [0.2, 0.25) is 0 Å². The molecule has 1 fully saturated rings. The molecule has 0 unspecified atom stereocenters. The molecule has 0 atom stereocenters. The predicted molar refractivity (Wildman–Crippen MR) is 62.9 cm³/mol. The first-order valence-electron chi connectivity index (χ1n) is 5.31. The molecule has 0 radical (unpaired) electrons. The van der Waals surface area contributed by atoms with Crippen LogP contribution in [0.4, 0.5) is 5.69 Å². The molecule has 1 aromatic rings. The third-order valence-corrected chi connectivity index (χ3v) is 3.12. The molecule has 1 aliphatic rings. The fourth-order valence-electron chi connectivity index (χ4n) is 1.89. The van der Waals surface area contributed by atoms with Crippen LogP contribution >= 0.6 is 11.6 Å². The van der Waals surface area contributed by atoms with Gasteiger partial charge in [0.05, 0.1) is 36.2 Å². The van der Waals surface area contributed by atoms with Crippen LogP contribution in [-0.4, -0.2) is 36.4 Å². The van der Waals surface area contributed by atoms with E-state index < -0.39 is 0 Å². The zero-order valence-corrected chi connectivity index (χ0v) is 10.00. The van der Waals surface area contributed by atoms with Crippen molar-refractivity contribution in [1.29, 1.82) is 0 Å². The molecule has 16 heavy (non-hydrogen) atoms. The maximum atomic E-state index is 9.14. The van der Waals surface area contributed by atoms with Gasteiger partial charge in [-0.2, -0.15) is 0 Å². The van der Waals surface area contributed by atoms with Crippen LogP contribution in [0.3, 0.4) is 0 Å². The van der Waals surface area contributed by atoms with Crippen LogP contribution in [0.15, 0.2) is 6.20 Å². The standard InChI is InChI=1S/C11H15ClN2O2/c1-8-6-13-9(7-15)10(12)11(8)14-2-4-16-5-3-14/h6,15H,2-5,7H2,1H3. The summed E-state index contributed by atoms with van der Waals surface area (Å²) in [6.45, 7) is 4.94. The molecule has 0 bridgehead atoms. The number of rotatable bonds is 2. The number of aliphatic hydroxyl groups excluding tert-OH is 1. The average molecular weight is 243 g/mol. The Bertz CT molecular complexity index is 378. The summed E-state index contributed by atoms with van der Waals surface area (Å²) in [5.74, 6) is 0. The van der Waals surface area contributed by atoms with Crippen LogP contribution in [-0.2, 0) is 11.3 Å². The largest absolute Gasteiger partial charge is 0.390 e. The summed E-state index contributed by atoms with van der Waals surface area (Å²) in [4.78, 5) is 6.29. The number of pyridine rings is 1. The van der Waals surface area contributed by atoms with Crippen molar-refractivity contribution >= 4 is 17.3 Å². The van der Waals surface area contributed by atoms with Crippen molar-refractivity contribution < 1.29 is 9.84 Å². The number of halogens is 1. The van der Waals surface area contributed by atoms with Gasteiger partial charge >= 0.3 is 0 Å². The zero-order valence-electron chi connectivity index (χ0n) is 9.24. The Morgan fingerprint density at radius 1 is 1.50 bits per heavy atom. The molecule has 88 valence electrons. The summed E-state index contributed by atoms with van der Waals surface area (Å²) < 4.78 is 5.31. The Morgan fingerprint density at radius 3 is 2.81 bits per heavy atom. The zero-order chi connectivity index (χ0) is 11.5. The molecule has 1 N–H and O–H groups in total. The van der Waals surface area contributed by atoms with E-state index in [-0.39, 0.29) is 6.61 Å². The summed E-state index contributed by atoms with van der Waals surface area (Å²) in [6.07, 6.45) is 1.75. The highest BCUT2D eigenvalue weighted by atomic mass is 35.5. The number of anilines is 1. The lowest BCUT2D eigenvalue weighted by molar-refractivity contribution is 0.122. The van der Waals surface area contributed by atoms with Gasteiger partial charge in [-0.25, -0.2) is 0 Å². The first kappa shape index (κ1) is 11.6. The minimum absolute atomic E-state index is 0.129. The maximum absolute atomic E-state index is 9.14. The van der Waals surface area contributed by atoms with E-state index in [1.165, 1.54) is 0 Å². The van der Waals surface area contributed by atoms with Crippen molar-refractivity contribution in [1.82, 2.24) is 4.98 Å². The maximum Gasteiger partial charge on any atom is 0.0881 e. The minimum atomic E-state index is -0.129. The molecule has 0 aliphatic carbocycles. The fourth-order valence-corrected chi connectivity index (χ4v) is 2.26. The van der Waals surface area contributed by atoms with Crippen LogP contribution < -0.4 is 4.90 Å². The van der Waals surface area contributed by atoms with Gasteiger partial charge in [0.15, 0.2) is 0 Å². The topological polar surface area (TPSA) is 45.6 Å². The number of aryl methyl sites for hydroxylation is 1. The molecule has 0 amide bonds. The van der Waals surface area contributed by atoms with E-state index in [0.717, 1.165) is 24.3 Å². The molecule has 0 aromatic carbocycles. The smallest absolute Gasteiger partial charge is 0.0881 e. The molecular weight excluding hydrogens is 228 g/mol. The van der Waals surface area contributed by atoms with Gasteiger partial charge in [-0.3, -0.25) is 4.98 Å². The monoisotopic (exact) mass is 242 g/mol. The number of hydrogen-bond donors (Lipinski definition) is 1. The molecule has 2 rings (SSSR count). The van der Waals surface area contributed by atoms with Crippen molar-refractivity contribution in [2.45, 2.75) is 13.5 Å². The third kappa shape index (κ3) is 2.14. The van der Waals surface area contributed by atoms with E-state index in [0.29, 0.717) is 23.9 Å². The van der Waals surface area contributed by atoms with Crippen molar-refractivity contribution in [2.75, 3.05) is 31.2 Å². The summed E-state index contributed by atoms with van der Waals surface area (Å²) in [7, 11) is 0. The van der Waals surface area contributed by atoms with E-state index in [1.807, 2.05) is 6.92 Å². The van der Waals surface area contributed by atoms with Crippen molar-refractivity contribution in [3.8, 4) is 0 Å². The van der Waals surface area contributed by atoms with Gasteiger partial charge in [-0.05, 0) is 12.5 Å². The normalized spacial score (nSPS) is 16.6. The van der Waals surface area contributed by atoms with E-state index in [2.05, 4.69) is 9.88 Å². The van der Waals surface area contributed by atoms with Crippen molar-refractivity contribution in [2.24, 2.45) is 0 Å². The molecule has 1 aromatic heterocycles. The number of hydrogen-bond acceptors (Lipinski definition) is 4. The van der Waals surface area contributed by atoms with E-state index in [1.54, 1.807) is 6.20 Å². The highest BCUT2D eigenvalue weighted by Gasteiger charge is 2.18. The predicted octanol–water partition coefficient (Wildman–Crippen LogP) is 1.37. The Kier molecular flexibility index (Phi) is 3.63. The molecule has 4 nitrogen and oxygen atoms in total. The third-order valence-electron chi connectivity index (χ3n) is 2.73. The van der Waals surface area contributed by atoms with Crippen LogP contribution in [0, 0.1) is 6.92 Å². The van der Waals surface area contributed by atoms with Crippen molar-refractivity contribution in [3.05, 3.63) is 22.5 Å². The van der Waals surface area contributed by atoms with Crippen molar-refractivity contribution in [3.63, 3.8) is 0 Å². The highest BCUT2D eigenvalue weighted by Crippen LogP contribution is 2.31. The molecule has 1 saturated heterocycles. The second-order valence-electron chi connectivity index (χ2n) is 3.81. The van der Waals surface area contributed by atoms with Crippen LogP contribution in [0.5, 0.6) is 0 Å². The minimum Gasteiger partial charge on any atom is -0.390 e. The first-order chi connectivity index (χ1) is 7.74. The van der Waals surface area contributed by atoms with Gasteiger partial charge < -0.3 is 14.7 Å². The number of aliphatic hydroxyl groups is 1. The number of nitrogens with zero attached hydrogens (tertiary/aromatic N) is 2. The lowest BCUT2D eigenvalue weighted by Gasteiger charge is -2.31. The van der Waals surface area contributed by atoms with Gasteiger partial charge in [0.25, 0.3) is 0 Å². The second kappa shape index (κ2) is 4.99. The van der Waals surface area contributed by atoms with Crippen LogP contribution in [0.25, 0.3) is 0 Å². The van der Waals surface area contributed by atoms with Gasteiger partial charge in [-0.15, -0.1) is 0 Å². The molecular formula is C11H15ClN2O2. The summed E-state index contributed by atoms with van der Waals surface area (Å²) in [5, 5.41) is 9.70. The van der Waals surface area contributed by atoms with E-state index in [9.17, 15) is 0 Å². The lowest BCUT2D eigenvalue weighted by Crippen LogP contribution is -2.37. The Hall–Kier alpha value is -0.840. The summed E-state index contributed by atoms with van der Waals surface area (Å²) in [6, 6.07) is 0. The van der Waals surface area contributed by atoms with Crippen LogP contribution in [0.1, 0.15) is 11.3 Å². The molecule has 0 spiro atoms. The fraction of sp³-hybridized carbons (Fsp3) is 0.545. The Labute approximate surface area is 99.8 Å². The summed E-state index contributed by atoms with van der Waals surface area (Å²) in [5.41, 5.74) is 2.54.